The summed E-state index contributed by atoms with van der Waals surface area (Å²) in [4.78, 5) is 15.8. The van der Waals surface area contributed by atoms with Crippen molar-refractivity contribution in [1.82, 2.24) is 14.7 Å². The van der Waals surface area contributed by atoms with Crippen molar-refractivity contribution < 1.29 is 61.5 Å². The molecule has 19 heavy (non-hydrogen) atoms. The monoisotopic (exact) mass is 419 g/mol. The van der Waals surface area contributed by atoms with Crippen molar-refractivity contribution in [2.45, 2.75) is 0 Å². The fraction of sp³-hybridized carbons (Fsp3) is 0. The topological polar surface area (TPSA) is 177 Å². The van der Waals surface area contributed by atoms with Gasteiger partial charge in [0.2, 0.25) is 11.8 Å². The molecule has 1 aliphatic rings. The van der Waals surface area contributed by atoms with Gasteiger partial charge in [-0.25, -0.2) is 0 Å². The molecular formula is C5H10Cl3N9ORu+. The fourth-order valence-corrected chi connectivity index (χ4v) is 1.23. The average Bonchev–Trinajstić information content (AvgIpc) is 2.36. The van der Waals surface area contributed by atoms with E-state index < -0.39 is 4.70 Å². The summed E-state index contributed by atoms with van der Waals surface area (Å²) in [5.74, 6) is 16.3. The minimum atomic E-state index is -0.803. The number of aliphatic imine (C=N–C) groups is 1. The number of nitrogens with two attached hydrogens (primary N) is 5. The van der Waals surface area contributed by atoms with E-state index in [0.29, 0.717) is 0 Å². The molecule has 0 spiro atoms. The number of hydrogen-bond donors (Lipinski definition) is 5. The Morgan fingerprint density at radius 3 is 2.00 bits per heavy atom. The number of halogens is 3. The van der Waals surface area contributed by atoms with E-state index in [4.69, 9.17) is 29.0 Å². The Labute approximate surface area is 139 Å². The zero-order valence-corrected chi connectivity index (χ0v) is 13.1. The van der Waals surface area contributed by atoms with E-state index in [1.807, 2.05) is 0 Å². The zero-order valence-electron chi connectivity index (χ0n) is 9.07. The summed E-state index contributed by atoms with van der Waals surface area (Å²) in [6.45, 7) is 0. The number of nitrogens with zero attached hydrogens (tertiary/aromatic N) is 4. The molecule has 0 amide bonds. The molecule has 14 heteroatoms. The zero-order chi connectivity index (χ0) is 11.2. The molecule has 1 aromatic rings. The molecule has 2 heterocycles. The van der Waals surface area contributed by atoms with Crippen LogP contribution in [0.1, 0.15) is 0 Å². The Kier molecular flexibility index (Phi) is 9.83. The number of nitrogen functional groups attached to an aromatic ring is 1. The Morgan fingerprint density at radius 1 is 1.00 bits per heavy atom. The van der Waals surface area contributed by atoms with Crippen LogP contribution in [-0.4, -0.2) is 15.9 Å². The molecule has 10 nitrogen and oxygen atoms in total. The predicted octanol–water partition coefficient (Wildman–Crippen LogP) is -11.7. The van der Waals surface area contributed by atoms with Crippen molar-refractivity contribution in [3.05, 3.63) is 0 Å². The molecule has 0 bridgehead atoms. The van der Waals surface area contributed by atoms with Crippen LogP contribution < -0.4 is 75.8 Å². The van der Waals surface area contributed by atoms with Crippen molar-refractivity contribution in [3.63, 3.8) is 0 Å². The minimum absolute atomic E-state index is 0. The number of fused-ring (bicyclic) bond motifs is 1. The summed E-state index contributed by atoms with van der Waals surface area (Å²) in [6.07, 6.45) is 0. The second-order valence-corrected chi connectivity index (χ2v) is 2.92. The van der Waals surface area contributed by atoms with Crippen LogP contribution in [0.15, 0.2) is 4.99 Å². The molecule has 0 aliphatic carbocycles. The summed E-state index contributed by atoms with van der Waals surface area (Å²) in [5, 5.41) is 0. The third kappa shape index (κ3) is 3.74. The van der Waals surface area contributed by atoms with Crippen LogP contribution in [0.2, 0.25) is 0 Å². The van der Waals surface area contributed by atoms with E-state index in [1.165, 1.54) is 0 Å². The number of quaternary nitrogens is 1. The van der Waals surface area contributed by atoms with Gasteiger partial charge in [-0.3, -0.25) is 0 Å². The minimum Gasteiger partial charge on any atom is -1.00 e. The molecular weight excluding hydrogens is 410 g/mol. The first-order chi connectivity index (χ1) is 6.96. The van der Waals surface area contributed by atoms with Crippen molar-refractivity contribution >= 4 is 23.4 Å². The van der Waals surface area contributed by atoms with E-state index in [9.17, 15) is 0 Å². The molecule has 0 aromatic carbocycles. The molecule has 0 atom stereocenters. The maximum Gasteiger partial charge on any atom is 3.00 e. The van der Waals surface area contributed by atoms with Gasteiger partial charge in [-0.2, -0.15) is 15.9 Å². The summed E-state index contributed by atoms with van der Waals surface area (Å²) in [7, 11) is 0. The standard InChI is InChI=1S/C5H10N9O.3ClH.Ru/c6-4-11-2-1(3(13-4)15-10)14(8,9)5(7)12-2;;;;/h8-10H2,(H4,6,7,11,12,13);3*1H;/q+1;;;;+3/p-3. The van der Waals surface area contributed by atoms with Gasteiger partial charge in [-0.15, -0.1) is 16.7 Å². The van der Waals surface area contributed by atoms with E-state index >= 15 is 0 Å². The van der Waals surface area contributed by atoms with E-state index in [2.05, 4.69) is 19.8 Å². The molecule has 1 aliphatic heterocycles. The van der Waals surface area contributed by atoms with Crippen molar-refractivity contribution in [1.29, 1.82) is 0 Å². The maximum atomic E-state index is 5.66. The molecule has 0 unspecified atom stereocenters. The maximum absolute atomic E-state index is 5.66. The van der Waals surface area contributed by atoms with Crippen LogP contribution in [-0.2, 0) is 19.5 Å². The van der Waals surface area contributed by atoms with Gasteiger partial charge in [0, 0.05) is 0 Å². The molecule has 0 saturated heterocycles. The average molecular weight is 420 g/mol. The van der Waals surface area contributed by atoms with Crippen molar-refractivity contribution in [2.24, 2.45) is 28.3 Å². The van der Waals surface area contributed by atoms with Gasteiger partial charge in [-0.05, 0) is 0 Å². The summed E-state index contributed by atoms with van der Waals surface area (Å²) in [6, 6.07) is 0. The summed E-state index contributed by atoms with van der Waals surface area (Å²) >= 11 is 0. The van der Waals surface area contributed by atoms with Gasteiger partial charge in [-0.1, -0.05) is 4.70 Å². The molecule has 2 rings (SSSR count). The smallest absolute Gasteiger partial charge is 1.00 e. The third-order valence-electron chi connectivity index (χ3n) is 1.93. The number of guanidine groups is 1. The normalized spacial score (nSPS) is 13.5. The quantitative estimate of drug-likeness (QED) is 0.129. The van der Waals surface area contributed by atoms with E-state index in [1.54, 1.807) is 0 Å². The Morgan fingerprint density at radius 2 is 1.53 bits per heavy atom. The van der Waals surface area contributed by atoms with Crippen LogP contribution in [0.25, 0.3) is 0 Å². The van der Waals surface area contributed by atoms with Crippen LogP contribution in [0.4, 0.5) is 17.5 Å². The van der Waals surface area contributed by atoms with Gasteiger partial charge in [0.05, 0.1) is 0 Å². The van der Waals surface area contributed by atoms with Gasteiger partial charge in [0.1, 0.15) is 0 Å². The fourth-order valence-electron chi connectivity index (χ4n) is 1.23. The first kappa shape index (κ1) is 23.6. The molecule has 109 valence electrons. The van der Waals surface area contributed by atoms with Gasteiger partial charge < -0.3 is 53.5 Å². The Hall–Kier alpha value is -0.517. The molecule has 1 aromatic heterocycles. The van der Waals surface area contributed by atoms with Crippen molar-refractivity contribution in [2.75, 3.05) is 5.73 Å². The largest absolute Gasteiger partial charge is 3.00 e. The Bertz CT molecular complexity index is 469. The number of hydrogen-bond acceptors (Lipinski definition) is 9. The van der Waals surface area contributed by atoms with Gasteiger partial charge in [0.25, 0.3) is 5.69 Å². The van der Waals surface area contributed by atoms with Crippen LogP contribution in [0.3, 0.4) is 0 Å². The molecule has 0 saturated carbocycles. The number of aromatic nitrogens is 2. The molecule has 0 fully saturated rings. The van der Waals surface area contributed by atoms with E-state index in [-0.39, 0.29) is 86.0 Å². The third-order valence-corrected chi connectivity index (χ3v) is 1.93. The molecule has 1 radical (unpaired) electrons. The van der Waals surface area contributed by atoms with Gasteiger partial charge >= 0.3 is 31.3 Å². The number of anilines is 1. The van der Waals surface area contributed by atoms with Crippen molar-refractivity contribution in [3.8, 4) is 5.88 Å². The number of rotatable bonds is 1. The second kappa shape index (κ2) is 7.92. The SMILES string of the molecule is NOc1nc(N)nc2c1[N+](N)(N)C(N)=N2.[Cl-].[Cl-].[Cl-].[Ru+3]. The van der Waals surface area contributed by atoms with Gasteiger partial charge in [0.15, 0.2) is 0 Å². The second-order valence-electron chi connectivity index (χ2n) is 2.92. The predicted molar refractivity (Wildman–Crippen MR) is 52.7 cm³/mol. The first-order valence-electron chi connectivity index (χ1n) is 3.82. The Balaban J connectivity index is -0.000000640. The van der Waals surface area contributed by atoms with E-state index in [0.717, 1.165) is 0 Å². The molecule has 10 N–H and O–H groups in total. The van der Waals surface area contributed by atoms with Crippen LogP contribution in [0.5, 0.6) is 5.88 Å². The summed E-state index contributed by atoms with van der Waals surface area (Å²) < 4.78 is -0.803. The van der Waals surface area contributed by atoms with Crippen LogP contribution >= 0.6 is 0 Å². The van der Waals surface area contributed by atoms with Crippen LogP contribution in [0, 0.1) is 0 Å². The first-order valence-corrected chi connectivity index (χ1v) is 3.82. The summed E-state index contributed by atoms with van der Waals surface area (Å²) in [5.41, 5.74) is 11.0.